The van der Waals surface area contributed by atoms with Crippen LogP contribution < -0.4 is 29.0 Å². The van der Waals surface area contributed by atoms with Gasteiger partial charge in [0.2, 0.25) is 6.21 Å². The third kappa shape index (κ3) is 2.74. The predicted octanol–water partition coefficient (Wildman–Crippen LogP) is -2.18. The molecule has 0 aromatic carbocycles. The van der Waals surface area contributed by atoms with E-state index in [1.807, 2.05) is 0 Å². The molecule has 1 heterocycles. The molecular weight excluding hydrogens is 232 g/mol. The first-order valence-corrected chi connectivity index (χ1v) is 2.39. The van der Waals surface area contributed by atoms with Gasteiger partial charge in [0.1, 0.15) is 0 Å². The lowest BCUT2D eigenvalue weighted by molar-refractivity contribution is -0.00000212. The molecule has 0 N–H and O–H groups in total. The second-order valence-electron chi connectivity index (χ2n) is 1.45. The zero-order chi connectivity index (χ0) is 5.82. The van der Waals surface area contributed by atoms with Crippen molar-refractivity contribution in [3.8, 4) is 0 Å². The molecule has 0 fully saturated rings. The molecule has 0 saturated heterocycles. The van der Waals surface area contributed by atoms with Gasteiger partial charge in [0, 0.05) is 12.2 Å². The minimum Gasteiger partial charge on any atom is -1.00 e. The summed E-state index contributed by atoms with van der Waals surface area (Å²) in [5, 5.41) is 0. The average Bonchev–Trinajstić information content (AvgIpc) is 1.90. The first kappa shape index (κ1) is 8.81. The second-order valence-corrected chi connectivity index (χ2v) is 1.45. The molecule has 9 heavy (non-hydrogen) atoms. The summed E-state index contributed by atoms with van der Waals surface area (Å²) in [6, 6.07) is 0. The highest BCUT2D eigenvalue weighted by molar-refractivity contribution is 5.72. The molecule has 1 nitrogen and oxygen atoms in total. The van der Waals surface area contributed by atoms with Crippen LogP contribution in [0.15, 0.2) is 23.9 Å². The van der Waals surface area contributed by atoms with Crippen molar-refractivity contribution in [1.29, 1.82) is 0 Å². The van der Waals surface area contributed by atoms with E-state index in [1.54, 1.807) is 24.4 Å². The minimum atomic E-state index is -0.471. The van der Waals surface area contributed by atoms with E-state index in [2.05, 4.69) is 4.99 Å². The summed E-state index contributed by atoms with van der Waals surface area (Å²) < 4.78 is 11.7. The molecule has 1 aliphatic heterocycles. The molecular formula is C6H6FIN. The maximum Gasteiger partial charge on any atom is 0.284 e. The Bertz CT molecular complexity index is 160. The summed E-state index contributed by atoms with van der Waals surface area (Å²) >= 11 is 0. The Morgan fingerprint density at radius 3 is 2.56 bits per heavy atom. The SMILES string of the molecule is FCC1=CC=CC=[N+]1.[I-]. The Hall–Kier alpha value is -0.190. The molecule has 0 amide bonds. The van der Waals surface area contributed by atoms with Gasteiger partial charge < -0.3 is 24.0 Å². The van der Waals surface area contributed by atoms with Crippen molar-refractivity contribution >= 4 is 6.21 Å². The van der Waals surface area contributed by atoms with Gasteiger partial charge in [-0.3, -0.25) is 0 Å². The number of aliphatic imine (C=N–C) groups is 1. The zero-order valence-electron chi connectivity index (χ0n) is 4.72. The van der Waals surface area contributed by atoms with Crippen molar-refractivity contribution in [3.63, 3.8) is 0 Å². The van der Waals surface area contributed by atoms with Gasteiger partial charge in [-0.2, -0.15) is 0 Å². The number of rotatable bonds is 1. The van der Waals surface area contributed by atoms with Crippen molar-refractivity contribution in [2.45, 2.75) is 0 Å². The fourth-order valence-corrected chi connectivity index (χ4v) is 0.477. The topological polar surface area (TPSA) is 14.1 Å². The van der Waals surface area contributed by atoms with Crippen molar-refractivity contribution < 1.29 is 28.4 Å². The molecule has 0 aromatic rings. The lowest BCUT2D eigenvalue weighted by Crippen LogP contribution is -3.00. The van der Waals surface area contributed by atoms with Gasteiger partial charge in [-0.15, -0.1) is 0 Å². The van der Waals surface area contributed by atoms with Crippen LogP contribution >= 0.6 is 0 Å². The quantitative estimate of drug-likeness (QED) is 0.461. The summed E-state index contributed by atoms with van der Waals surface area (Å²) in [6.07, 6.45) is 6.76. The van der Waals surface area contributed by atoms with Crippen LogP contribution in [0, 0.1) is 0 Å². The van der Waals surface area contributed by atoms with E-state index < -0.39 is 6.67 Å². The first-order valence-electron chi connectivity index (χ1n) is 2.39. The van der Waals surface area contributed by atoms with Gasteiger partial charge in [0.15, 0.2) is 6.67 Å². The number of allylic oxidation sites excluding steroid dienone is 4. The average molecular weight is 238 g/mol. The Labute approximate surface area is 70.4 Å². The highest BCUT2D eigenvalue weighted by Gasteiger charge is 2.04. The monoisotopic (exact) mass is 238 g/mol. The first-order chi connectivity index (χ1) is 3.93. The number of hydrogen-bond acceptors (Lipinski definition) is 1. The number of halogens is 2. The minimum absolute atomic E-state index is 0. The van der Waals surface area contributed by atoms with Crippen molar-refractivity contribution in [3.05, 3.63) is 23.9 Å². The Balaban J connectivity index is 0.000000640. The normalized spacial score (nSPS) is 14.6. The Morgan fingerprint density at radius 2 is 2.22 bits per heavy atom. The van der Waals surface area contributed by atoms with Crippen LogP contribution in [-0.4, -0.2) is 12.9 Å². The molecule has 0 atom stereocenters. The van der Waals surface area contributed by atoms with E-state index >= 15 is 0 Å². The van der Waals surface area contributed by atoms with Crippen LogP contribution in [0.5, 0.6) is 0 Å². The molecule has 0 aromatic heterocycles. The van der Waals surface area contributed by atoms with Gasteiger partial charge in [-0.05, 0) is 6.08 Å². The zero-order valence-corrected chi connectivity index (χ0v) is 6.88. The highest BCUT2D eigenvalue weighted by Crippen LogP contribution is 1.92. The molecule has 0 unspecified atom stereocenters. The largest absolute Gasteiger partial charge is 1.00 e. The summed E-state index contributed by atoms with van der Waals surface area (Å²) in [7, 11) is 0. The van der Waals surface area contributed by atoms with E-state index in [1.165, 1.54) is 0 Å². The molecule has 0 aliphatic carbocycles. The lowest BCUT2D eigenvalue weighted by Gasteiger charge is -1.78. The molecule has 0 saturated carbocycles. The van der Waals surface area contributed by atoms with Crippen molar-refractivity contribution in [2.24, 2.45) is 0 Å². The smallest absolute Gasteiger partial charge is 0.284 e. The molecule has 3 heteroatoms. The van der Waals surface area contributed by atoms with Crippen LogP contribution in [0.25, 0.3) is 0 Å². The van der Waals surface area contributed by atoms with Crippen LogP contribution in [0.2, 0.25) is 0 Å². The third-order valence-electron chi connectivity index (χ3n) is 0.863. The van der Waals surface area contributed by atoms with E-state index in [0.717, 1.165) is 0 Å². The van der Waals surface area contributed by atoms with Gasteiger partial charge in [-0.1, -0.05) is 0 Å². The van der Waals surface area contributed by atoms with Gasteiger partial charge >= 0.3 is 0 Å². The van der Waals surface area contributed by atoms with Crippen molar-refractivity contribution in [2.75, 3.05) is 6.67 Å². The van der Waals surface area contributed by atoms with Gasteiger partial charge in [-0.25, -0.2) is 4.39 Å². The molecule has 1 rings (SSSR count). The van der Waals surface area contributed by atoms with E-state index in [0.29, 0.717) is 5.70 Å². The number of alkyl halides is 1. The molecule has 1 aliphatic rings. The van der Waals surface area contributed by atoms with Crippen LogP contribution in [-0.2, 0) is 0 Å². The van der Waals surface area contributed by atoms with Crippen molar-refractivity contribution in [1.82, 2.24) is 4.99 Å². The number of hydrogen-bond donors (Lipinski definition) is 0. The molecule has 0 bridgehead atoms. The fraction of sp³-hybridized carbons (Fsp3) is 0.167. The predicted molar refractivity (Wildman–Crippen MR) is 31.4 cm³/mol. The summed E-state index contributed by atoms with van der Waals surface area (Å²) in [5.74, 6) is 0. The standard InChI is InChI=1S/C6H6FN.HI/c7-5-6-3-1-2-4-8-6;/h1-4H,5H2;1H/q+1;/p-1. The summed E-state index contributed by atoms with van der Waals surface area (Å²) in [4.78, 5) is 3.72. The molecule has 1 radical (unpaired) electrons. The summed E-state index contributed by atoms with van der Waals surface area (Å²) in [6.45, 7) is -0.471. The van der Waals surface area contributed by atoms with E-state index in [4.69, 9.17) is 0 Å². The third-order valence-corrected chi connectivity index (χ3v) is 0.863. The highest BCUT2D eigenvalue weighted by atomic mass is 127. The Morgan fingerprint density at radius 1 is 1.44 bits per heavy atom. The summed E-state index contributed by atoms with van der Waals surface area (Å²) in [5.41, 5.74) is 0.493. The Kier molecular flexibility index (Phi) is 4.57. The van der Waals surface area contributed by atoms with Gasteiger partial charge in [0.05, 0.1) is 4.99 Å². The van der Waals surface area contributed by atoms with E-state index in [-0.39, 0.29) is 24.0 Å². The lowest BCUT2D eigenvalue weighted by atomic mass is 10.3. The van der Waals surface area contributed by atoms with Crippen LogP contribution in [0.4, 0.5) is 4.39 Å². The maximum atomic E-state index is 11.7. The molecule has 49 valence electrons. The molecule has 0 spiro atoms. The van der Waals surface area contributed by atoms with Gasteiger partial charge in [0.25, 0.3) is 5.70 Å². The maximum absolute atomic E-state index is 11.7. The van der Waals surface area contributed by atoms with Crippen LogP contribution in [0.1, 0.15) is 0 Å². The number of nitrogens with zero attached hydrogens (tertiary/aromatic N) is 1. The van der Waals surface area contributed by atoms with E-state index in [9.17, 15) is 4.39 Å². The van der Waals surface area contributed by atoms with Crippen LogP contribution in [0.3, 0.4) is 0 Å². The fourth-order valence-electron chi connectivity index (χ4n) is 0.477. The second kappa shape index (κ2) is 4.67.